The zero-order valence-electron chi connectivity index (χ0n) is 7.98. The number of nitrogens with two attached hydrogens (primary N) is 1. The van der Waals surface area contributed by atoms with Crippen LogP contribution in [0, 0.1) is 0 Å². The number of aromatic nitrogens is 2. The lowest BCUT2D eigenvalue weighted by molar-refractivity contribution is -0.137. The molecule has 0 saturated heterocycles. The molecule has 6 heteroatoms. The number of anilines is 1. The van der Waals surface area contributed by atoms with Crippen LogP contribution in [0.3, 0.4) is 0 Å². The summed E-state index contributed by atoms with van der Waals surface area (Å²) >= 11 is 0. The minimum absolute atomic E-state index is 0.0329. The van der Waals surface area contributed by atoms with Gasteiger partial charge < -0.3 is 15.0 Å². The van der Waals surface area contributed by atoms with E-state index in [0.717, 1.165) is 0 Å². The van der Waals surface area contributed by atoms with Gasteiger partial charge in [-0.05, 0) is 6.92 Å². The van der Waals surface area contributed by atoms with Crippen LogP contribution in [0.5, 0.6) is 0 Å². The van der Waals surface area contributed by atoms with Crippen LogP contribution < -0.4 is 5.73 Å². The van der Waals surface area contributed by atoms with E-state index in [1.54, 1.807) is 14.0 Å². The van der Waals surface area contributed by atoms with E-state index in [1.807, 2.05) is 0 Å². The largest absolute Gasteiger partial charge is 0.460 e. The smallest absolute Gasteiger partial charge is 0.381 e. The number of esters is 1. The maximum absolute atomic E-state index is 11.4. The standard InChI is InChI=1S/C8H11N3O3/c1-3-14-8(13)6(12)5-7(9)10-4-11(5)2/h4H,3,9H2,1-2H3. The molecule has 0 radical (unpaired) electrons. The van der Waals surface area contributed by atoms with E-state index in [2.05, 4.69) is 9.72 Å². The molecule has 1 rings (SSSR count). The van der Waals surface area contributed by atoms with Gasteiger partial charge in [0.05, 0.1) is 12.9 Å². The zero-order chi connectivity index (χ0) is 10.7. The average molecular weight is 197 g/mol. The summed E-state index contributed by atoms with van der Waals surface area (Å²) in [6.45, 7) is 1.78. The number of imidazole rings is 1. The molecule has 1 heterocycles. The Balaban J connectivity index is 2.95. The molecule has 0 bridgehead atoms. The number of nitrogens with zero attached hydrogens (tertiary/aromatic N) is 2. The number of Topliss-reactive ketones (excluding diaryl/α,β-unsaturated/α-hetero) is 1. The van der Waals surface area contributed by atoms with Crippen molar-refractivity contribution in [3.05, 3.63) is 12.0 Å². The van der Waals surface area contributed by atoms with E-state index in [-0.39, 0.29) is 18.1 Å². The van der Waals surface area contributed by atoms with Gasteiger partial charge in [0.2, 0.25) is 0 Å². The molecule has 76 valence electrons. The number of rotatable bonds is 3. The summed E-state index contributed by atoms with van der Waals surface area (Å²) in [4.78, 5) is 26.2. The van der Waals surface area contributed by atoms with Crippen molar-refractivity contribution in [1.82, 2.24) is 9.55 Å². The minimum Gasteiger partial charge on any atom is -0.460 e. The second-order valence-corrected chi connectivity index (χ2v) is 2.64. The van der Waals surface area contributed by atoms with E-state index in [4.69, 9.17) is 5.73 Å². The summed E-state index contributed by atoms with van der Waals surface area (Å²) in [5, 5.41) is 0. The maximum atomic E-state index is 11.4. The number of aryl methyl sites for hydroxylation is 1. The van der Waals surface area contributed by atoms with E-state index < -0.39 is 11.8 Å². The second-order valence-electron chi connectivity index (χ2n) is 2.64. The van der Waals surface area contributed by atoms with Gasteiger partial charge in [0.15, 0.2) is 5.82 Å². The predicted octanol–water partition coefficient (Wildman–Crippen LogP) is -0.252. The predicted molar refractivity (Wildman–Crippen MR) is 48.6 cm³/mol. The topological polar surface area (TPSA) is 87.2 Å². The van der Waals surface area contributed by atoms with E-state index in [1.165, 1.54) is 10.9 Å². The molecule has 0 aliphatic rings. The highest BCUT2D eigenvalue weighted by atomic mass is 16.5. The van der Waals surface area contributed by atoms with Gasteiger partial charge >= 0.3 is 5.97 Å². The fourth-order valence-corrected chi connectivity index (χ4v) is 1.02. The Morgan fingerprint density at radius 2 is 2.29 bits per heavy atom. The fourth-order valence-electron chi connectivity index (χ4n) is 1.02. The molecule has 0 unspecified atom stereocenters. The number of carbonyl (C=O) groups excluding carboxylic acids is 2. The first-order valence-corrected chi connectivity index (χ1v) is 4.06. The van der Waals surface area contributed by atoms with Gasteiger partial charge in [-0.15, -0.1) is 0 Å². The number of nitrogen functional groups attached to an aromatic ring is 1. The molecule has 6 nitrogen and oxygen atoms in total. The lowest BCUT2D eigenvalue weighted by Gasteiger charge is -2.01. The molecular weight excluding hydrogens is 186 g/mol. The average Bonchev–Trinajstić information content (AvgIpc) is 2.46. The van der Waals surface area contributed by atoms with Crippen LogP contribution in [-0.4, -0.2) is 27.9 Å². The van der Waals surface area contributed by atoms with Crippen LogP contribution in [0.1, 0.15) is 17.4 Å². The molecule has 0 saturated carbocycles. The third kappa shape index (κ3) is 1.73. The molecule has 14 heavy (non-hydrogen) atoms. The molecule has 0 aliphatic heterocycles. The summed E-state index contributed by atoms with van der Waals surface area (Å²) in [6, 6.07) is 0. The second kappa shape index (κ2) is 3.91. The van der Waals surface area contributed by atoms with Crippen LogP contribution in [0.15, 0.2) is 6.33 Å². The normalized spacial score (nSPS) is 9.86. The van der Waals surface area contributed by atoms with Gasteiger partial charge in [-0.3, -0.25) is 4.79 Å². The number of hydrogen-bond acceptors (Lipinski definition) is 5. The molecule has 2 N–H and O–H groups in total. The number of ether oxygens (including phenoxy) is 1. The molecule has 1 aromatic rings. The highest BCUT2D eigenvalue weighted by molar-refractivity contribution is 6.41. The lowest BCUT2D eigenvalue weighted by Crippen LogP contribution is -2.21. The summed E-state index contributed by atoms with van der Waals surface area (Å²) < 4.78 is 5.94. The lowest BCUT2D eigenvalue weighted by atomic mass is 10.3. The van der Waals surface area contributed by atoms with Crippen molar-refractivity contribution in [2.45, 2.75) is 6.92 Å². The van der Waals surface area contributed by atoms with Crippen LogP contribution >= 0.6 is 0 Å². The van der Waals surface area contributed by atoms with E-state index in [0.29, 0.717) is 0 Å². The van der Waals surface area contributed by atoms with Crippen molar-refractivity contribution >= 4 is 17.6 Å². The van der Waals surface area contributed by atoms with E-state index in [9.17, 15) is 9.59 Å². The highest BCUT2D eigenvalue weighted by Gasteiger charge is 2.23. The van der Waals surface area contributed by atoms with Crippen molar-refractivity contribution in [2.24, 2.45) is 7.05 Å². The van der Waals surface area contributed by atoms with Crippen molar-refractivity contribution < 1.29 is 14.3 Å². The molecular formula is C8H11N3O3. The molecule has 0 aliphatic carbocycles. The van der Waals surface area contributed by atoms with Crippen molar-refractivity contribution in [3.63, 3.8) is 0 Å². The summed E-state index contributed by atoms with van der Waals surface area (Å²) in [6.07, 6.45) is 1.36. The van der Waals surface area contributed by atoms with E-state index >= 15 is 0 Å². The molecule has 0 fully saturated rings. The van der Waals surface area contributed by atoms with Crippen molar-refractivity contribution in [2.75, 3.05) is 12.3 Å². The first-order valence-electron chi connectivity index (χ1n) is 4.06. The molecule has 1 aromatic heterocycles. The molecule has 0 atom stereocenters. The molecule has 0 amide bonds. The van der Waals surface area contributed by atoms with Crippen molar-refractivity contribution in [1.29, 1.82) is 0 Å². The van der Waals surface area contributed by atoms with Crippen LogP contribution in [0.25, 0.3) is 0 Å². The van der Waals surface area contributed by atoms with Crippen molar-refractivity contribution in [3.8, 4) is 0 Å². The Kier molecular flexibility index (Phi) is 2.85. The Labute approximate surface area is 80.7 Å². The third-order valence-corrected chi connectivity index (χ3v) is 1.64. The minimum atomic E-state index is -0.914. The zero-order valence-corrected chi connectivity index (χ0v) is 7.98. The quantitative estimate of drug-likeness (QED) is 0.410. The van der Waals surface area contributed by atoms with Gasteiger partial charge in [0.25, 0.3) is 5.78 Å². The van der Waals surface area contributed by atoms with Gasteiger partial charge in [-0.1, -0.05) is 0 Å². The Hall–Kier alpha value is -1.85. The number of hydrogen-bond donors (Lipinski definition) is 1. The van der Waals surface area contributed by atoms with Crippen LogP contribution in [-0.2, 0) is 16.6 Å². The highest BCUT2D eigenvalue weighted by Crippen LogP contribution is 2.09. The number of carbonyl (C=O) groups is 2. The van der Waals surface area contributed by atoms with Crippen LogP contribution in [0.4, 0.5) is 5.82 Å². The molecule has 0 aromatic carbocycles. The van der Waals surface area contributed by atoms with Gasteiger partial charge in [-0.2, -0.15) is 0 Å². The Morgan fingerprint density at radius 1 is 1.64 bits per heavy atom. The third-order valence-electron chi connectivity index (χ3n) is 1.64. The van der Waals surface area contributed by atoms with Crippen LogP contribution in [0.2, 0.25) is 0 Å². The summed E-state index contributed by atoms with van der Waals surface area (Å²) in [5.41, 5.74) is 5.47. The van der Waals surface area contributed by atoms with Gasteiger partial charge in [-0.25, -0.2) is 9.78 Å². The monoisotopic (exact) mass is 197 g/mol. The fraction of sp³-hybridized carbons (Fsp3) is 0.375. The number of ketones is 1. The first-order chi connectivity index (χ1) is 6.57. The van der Waals surface area contributed by atoms with Gasteiger partial charge in [0.1, 0.15) is 5.69 Å². The maximum Gasteiger partial charge on any atom is 0.381 e. The summed E-state index contributed by atoms with van der Waals surface area (Å²) in [5.74, 6) is -1.65. The Bertz CT molecular complexity index is 350. The summed E-state index contributed by atoms with van der Waals surface area (Å²) in [7, 11) is 1.58. The Morgan fingerprint density at radius 3 is 2.71 bits per heavy atom. The first kappa shape index (κ1) is 10.2. The van der Waals surface area contributed by atoms with Gasteiger partial charge in [0, 0.05) is 7.05 Å². The molecule has 0 spiro atoms. The SMILES string of the molecule is CCOC(=O)C(=O)c1c(N)ncn1C.